The molecule has 1 N–H and O–H groups in total. The number of rotatable bonds is 5. The summed E-state index contributed by atoms with van der Waals surface area (Å²) in [5.41, 5.74) is 0.653. The predicted molar refractivity (Wildman–Crippen MR) is 98.6 cm³/mol. The molecule has 26 heavy (non-hydrogen) atoms. The van der Waals surface area contributed by atoms with E-state index >= 15 is 0 Å². The minimum atomic E-state index is -0.393. The van der Waals surface area contributed by atoms with E-state index in [9.17, 15) is 14.0 Å². The second-order valence-electron chi connectivity index (χ2n) is 6.38. The molecule has 8 heteroatoms. The number of piperidine rings is 1. The number of carbonyl (C=O) groups is 2. The van der Waals surface area contributed by atoms with Crippen molar-refractivity contribution >= 4 is 38.6 Å². The van der Waals surface area contributed by atoms with Gasteiger partial charge in [-0.05, 0) is 51.4 Å². The minimum Gasteiger partial charge on any atom is -0.466 e. The molecule has 0 radical (unpaired) electrons. The largest absolute Gasteiger partial charge is 0.466 e. The van der Waals surface area contributed by atoms with Crippen molar-refractivity contribution in [1.82, 2.24) is 9.88 Å². The van der Waals surface area contributed by atoms with Gasteiger partial charge < -0.3 is 10.1 Å². The number of benzene rings is 1. The first kappa shape index (κ1) is 18.7. The molecule has 6 nitrogen and oxygen atoms in total. The maximum Gasteiger partial charge on any atom is 0.310 e. The molecule has 2 aromatic rings. The molecule has 140 valence electrons. The van der Waals surface area contributed by atoms with E-state index in [1.165, 1.54) is 23.5 Å². The molecule has 0 aliphatic carbocycles. The Bertz CT molecular complexity index is 810. The molecule has 1 aromatic heterocycles. The van der Waals surface area contributed by atoms with E-state index in [-0.39, 0.29) is 23.6 Å². The molecule has 1 amide bonds. The van der Waals surface area contributed by atoms with Crippen LogP contribution in [0.1, 0.15) is 26.7 Å². The number of amides is 1. The first-order valence-corrected chi connectivity index (χ1v) is 9.57. The molecule has 2 unspecified atom stereocenters. The summed E-state index contributed by atoms with van der Waals surface area (Å²) in [6.07, 6.45) is 1.63. The van der Waals surface area contributed by atoms with E-state index in [1.54, 1.807) is 13.0 Å². The number of aromatic nitrogens is 1. The average molecular weight is 379 g/mol. The summed E-state index contributed by atoms with van der Waals surface area (Å²) in [6, 6.07) is 3.95. The highest BCUT2D eigenvalue weighted by molar-refractivity contribution is 7.22. The highest BCUT2D eigenvalue weighted by Crippen LogP contribution is 2.27. The number of nitrogens with one attached hydrogen (secondary N) is 1. The lowest BCUT2D eigenvalue weighted by atomic mass is 9.97. The molecular weight excluding hydrogens is 357 g/mol. The van der Waals surface area contributed by atoms with Gasteiger partial charge in [0.2, 0.25) is 5.91 Å². The van der Waals surface area contributed by atoms with Gasteiger partial charge in [-0.3, -0.25) is 14.5 Å². The zero-order valence-corrected chi connectivity index (χ0v) is 15.6. The number of nitrogens with zero attached hydrogens (tertiary/aromatic N) is 2. The van der Waals surface area contributed by atoms with Gasteiger partial charge in [0, 0.05) is 6.54 Å². The molecule has 1 saturated heterocycles. The highest BCUT2D eigenvalue weighted by atomic mass is 32.1. The van der Waals surface area contributed by atoms with E-state index in [0.717, 1.165) is 19.4 Å². The molecule has 1 fully saturated rings. The van der Waals surface area contributed by atoms with E-state index in [4.69, 9.17) is 4.74 Å². The van der Waals surface area contributed by atoms with Crippen LogP contribution < -0.4 is 5.32 Å². The molecule has 3 rings (SSSR count). The molecule has 2 heterocycles. The number of anilines is 1. The Kier molecular flexibility index (Phi) is 5.83. The van der Waals surface area contributed by atoms with Gasteiger partial charge in [0.05, 0.1) is 28.8 Å². The van der Waals surface area contributed by atoms with Crippen molar-refractivity contribution in [1.29, 1.82) is 0 Å². The van der Waals surface area contributed by atoms with Crippen LogP contribution in [0.2, 0.25) is 0 Å². The third-order valence-electron chi connectivity index (χ3n) is 4.58. The van der Waals surface area contributed by atoms with E-state index in [0.29, 0.717) is 28.5 Å². The van der Waals surface area contributed by atoms with Gasteiger partial charge in [-0.15, -0.1) is 0 Å². The predicted octanol–water partition coefficient (Wildman–Crippen LogP) is 3.04. The van der Waals surface area contributed by atoms with Crippen molar-refractivity contribution in [2.75, 3.05) is 25.0 Å². The summed E-state index contributed by atoms with van der Waals surface area (Å²) >= 11 is 1.24. The van der Waals surface area contributed by atoms with Gasteiger partial charge in [0.15, 0.2) is 5.13 Å². The topological polar surface area (TPSA) is 71.5 Å². The van der Waals surface area contributed by atoms with Crippen molar-refractivity contribution < 1.29 is 18.7 Å². The number of halogens is 1. The van der Waals surface area contributed by atoms with Crippen LogP contribution in [0.15, 0.2) is 18.2 Å². The fourth-order valence-corrected chi connectivity index (χ4v) is 4.03. The Hall–Kier alpha value is -2.06. The second kappa shape index (κ2) is 8.09. The summed E-state index contributed by atoms with van der Waals surface area (Å²) < 4.78 is 19.1. The van der Waals surface area contributed by atoms with Crippen LogP contribution in [0.5, 0.6) is 0 Å². The molecule has 1 aliphatic rings. The molecule has 1 aromatic carbocycles. The number of likely N-dealkylation sites (tertiary alicyclic amines) is 1. The summed E-state index contributed by atoms with van der Waals surface area (Å²) in [5.74, 6) is -0.901. The van der Waals surface area contributed by atoms with Crippen molar-refractivity contribution in [3.05, 3.63) is 24.0 Å². The number of thiazole rings is 1. The summed E-state index contributed by atoms with van der Waals surface area (Å²) in [4.78, 5) is 30.9. The lowest BCUT2D eigenvalue weighted by Crippen LogP contribution is -2.48. The number of hydrogen-bond donors (Lipinski definition) is 1. The van der Waals surface area contributed by atoms with Gasteiger partial charge in [-0.2, -0.15) is 0 Å². The maximum absolute atomic E-state index is 13.3. The average Bonchev–Trinajstić information content (AvgIpc) is 3.02. The number of ether oxygens (including phenoxy) is 1. The van der Waals surface area contributed by atoms with E-state index in [1.807, 2.05) is 11.8 Å². The first-order valence-electron chi connectivity index (χ1n) is 8.75. The van der Waals surface area contributed by atoms with Gasteiger partial charge in [0.1, 0.15) is 5.82 Å². The van der Waals surface area contributed by atoms with Crippen molar-refractivity contribution in [3.8, 4) is 0 Å². The van der Waals surface area contributed by atoms with Crippen LogP contribution in [0.3, 0.4) is 0 Å². The Balaban J connectivity index is 1.63. The summed E-state index contributed by atoms with van der Waals surface area (Å²) in [7, 11) is 0. The summed E-state index contributed by atoms with van der Waals surface area (Å²) in [5, 5.41) is 3.25. The maximum atomic E-state index is 13.3. The third kappa shape index (κ3) is 4.19. The van der Waals surface area contributed by atoms with E-state index < -0.39 is 6.04 Å². The number of carbonyl (C=O) groups excluding carboxylic acids is 2. The van der Waals surface area contributed by atoms with Crippen LogP contribution in [0.4, 0.5) is 9.52 Å². The van der Waals surface area contributed by atoms with Crippen LogP contribution in [-0.2, 0) is 14.3 Å². The number of hydrogen-bond acceptors (Lipinski definition) is 6. The lowest BCUT2D eigenvalue weighted by Gasteiger charge is -2.34. The lowest BCUT2D eigenvalue weighted by molar-refractivity contribution is -0.150. The molecule has 0 spiro atoms. The third-order valence-corrected chi connectivity index (χ3v) is 5.51. The smallest absolute Gasteiger partial charge is 0.310 e. The minimum absolute atomic E-state index is 0.186. The van der Waals surface area contributed by atoms with Crippen LogP contribution in [-0.4, -0.2) is 47.5 Å². The second-order valence-corrected chi connectivity index (χ2v) is 7.41. The molecule has 0 bridgehead atoms. The fourth-order valence-electron chi connectivity index (χ4n) is 3.14. The van der Waals surface area contributed by atoms with Gasteiger partial charge in [0.25, 0.3) is 0 Å². The normalized spacial score (nSPS) is 19.3. The van der Waals surface area contributed by atoms with Gasteiger partial charge in [-0.1, -0.05) is 11.3 Å². The quantitative estimate of drug-likeness (QED) is 0.809. The van der Waals surface area contributed by atoms with Crippen LogP contribution >= 0.6 is 11.3 Å². The zero-order chi connectivity index (χ0) is 18.7. The molecular formula is C18H22FN3O3S. The number of esters is 1. The standard InChI is InChI=1S/C18H22FN3O3S/c1-3-25-17(24)12-5-4-8-22(10-12)11(2)16(23)21-18-20-14-7-6-13(19)9-15(14)26-18/h6-7,9,11-12H,3-5,8,10H2,1-2H3,(H,20,21,23). The van der Waals surface area contributed by atoms with Crippen molar-refractivity contribution in [2.24, 2.45) is 5.92 Å². The zero-order valence-electron chi connectivity index (χ0n) is 14.8. The number of fused-ring (bicyclic) bond motifs is 1. The molecule has 0 saturated carbocycles. The fraction of sp³-hybridized carbons (Fsp3) is 0.500. The van der Waals surface area contributed by atoms with Crippen molar-refractivity contribution in [3.63, 3.8) is 0 Å². The molecule has 2 atom stereocenters. The van der Waals surface area contributed by atoms with Crippen LogP contribution in [0, 0.1) is 11.7 Å². The molecule has 1 aliphatic heterocycles. The Morgan fingerprint density at radius 2 is 2.31 bits per heavy atom. The van der Waals surface area contributed by atoms with Gasteiger partial charge >= 0.3 is 5.97 Å². The Labute approximate surface area is 155 Å². The summed E-state index contributed by atoms with van der Waals surface area (Å²) in [6.45, 7) is 5.24. The monoisotopic (exact) mass is 379 g/mol. The van der Waals surface area contributed by atoms with Crippen molar-refractivity contribution in [2.45, 2.75) is 32.7 Å². The van der Waals surface area contributed by atoms with Crippen LogP contribution in [0.25, 0.3) is 10.2 Å². The SMILES string of the molecule is CCOC(=O)C1CCCN(C(C)C(=O)Nc2nc3ccc(F)cc3s2)C1. The van der Waals surface area contributed by atoms with E-state index in [2.05, 4.69) is 10.3 Å². The van der Waals surface area contributed by atoms with Gasteiger partial charge in [-0.25, -0.2) is 9.37 Å². The highest BCUT2D eigenvalue weighted by Gasteiger charge is 2.31. The Morgan fingerprint density at radius 1 is 1.50 bits per heavy atom. The Morgan fingerprint density at radius 3 is 3.08 bits per heavy atom. The first-order chi connectivity index (χ1) is 12.5.